The van der Waals surface area contributed by atoms with Gasteiger partial charge in [-0.2, -0.15) is 0 Å². The zero-order valence-corrected chi connectivity index (χ0v) is 10.7. The van der Waals surface area contributed by atoms with Gasteiger partial charge in [-0.15, -0.1) is 0 Å². The highest BCUT2D eigenvalue weighted by molar-refractivity contribution is 6.07. The van der Waals surface area contributed by atoms with Crippen molar-refractivity contribution in [3.8, 4) is 0 Å². The Morgan fingerprint density at radius 2 is 2.00 bits per heavy atom. The molecule has 102 valence electrons. The number of nitrogens with zero attached hydrogens (tertiary/aromatic N) is 1. The lowest BCUT2D eigenvalue weighted by Gasteiger charge is -2.43. The first kappa shape index (κ1) is 13.1. The second-order valence-electron chi connectivity index (χ2n) is 5.34. The summed E-state index contributed by atoms with van der Waals surface area (Å²) in [5, 5.41) is 14.7. The number of rotatable bonds is 5. The maximum Gasteiger partial charge on any atom is 0.234 e. The molecule has 2 saturated carbocycles. The van der Waals surface area contributed by atoms with Crippen LogP contribution in [-0.2, 0) is 9.53 Å². The molecule has 2 fully saturated rings. The van der Waals surface area contributed by atoms with E-state index in [4.69, 9.17) is 15.7 Å². The Labute approximate surface area is 107 Å². The molecule has 0 atom stereocenters. The Morgan fingerprint density at radius 3 is 2.33 bits per heavy atom. The lowest BCUT2D eigenvalue weighted by Crippen LogP contribution is -2.57. The van der Waals surface area contributed by atoms with Gasteiger partial charge >= 0.3 is 0 Å². The van der Waals surface area contributed by atoms with Crippen LogP contribution in [0.3, 0.4) is 0 Å². The van der Waals surface area contributed by atoms with E-state index in [1.54, 1.807) is 7.11 Å². The molecule has 0 heterocycles. The molecule has 18 heavy (non-hydrogen) atoms. The molecule has 6 nitrogen and oxygen atoms in total. The van der Waals surface area contributed by atoms with Gasteiger partial charge in [-0.3, -0.25) is 4.79 Å². The third-order valence-electron chi connectivity index (χ3n) is 4.51. The number of methoxy groups -OCH3 is 1. The highest BCUT2D eigenvalue weighted by Gasteiger charge is 2.49. The van der Waals surface area contributed by atoms with Gasteiger partial charge in [0.15, 0.2) is 5.84 Å². The SMILES string of the molecule is COC1(CNC(=O)C2(C(N)=NO)CCC2)CCC1. The number of carbonyl (C=O) groups is 1. The van der Waals surface area contributed by atoms with Crippen molar-refractivity contribution in [2.24, 2.45) is 16.3 Å². The molecule has 4 N–H and O–H groups in total. The van der Waals surface area contributed by atoms with Gasteiger partial charge in [0.1, 0.15) is 5.41 Å². The van der Waals surface area contributed by atoms with Gasteiger partial charge in [0.2, 0.25) is 5.91 Å². The van der Waals surface area contributed by atoms with Gasteiger partial charge < -0.3 is 21.0 Å². The predicted octanol–water partition coefficient (Wildman–Crippen LogP) is 0.588. The molecule has 6 heteroatoms. The van der Waals surface area contributed by atoms with Gasteiger partial charge in [-0.1, -0.05) is 11.6 Å². The van der Waals surface area contributed by atoms with Gasteiger partial charge in [0.05, 0.1) is 5.60 Å². The minimum Gasteiger partial charge on any atom is -0.409 e. The number of nitrogens with one attached hydrogen (secondary N) is 1. The van der Waals surface area contributed by atoms with Crippen molar-refractivity contribution < 1.29 is 14.7 Å². The molecule has 0 radical (unpaired) electrons. The van der Waals surface area contributed by atoms with E-state index in [-0.39, 0.29) is 17.3 Å². The topological polar surface area (TPSA) is 96.9 Å². The number of amidine groups is 1. The van der Waals surface area contributed by atoms with E-state index in [2.05, 4.69) is 10.5 Å². The van der Waals surface area contributed by atoms with Crippen LogP contribution in [-0.4, -0.2) is 36.2 Å². The average Bonchev–Trinajstić information content (AvgIpc) is 2.26. The summed E-state index contributed by atoms with van der Waals surface area (Å²) in [6, 6.07) is 0. The molecule has 2 aliphatic rings. The van der Waals surface area contributed by atoms with Crippen LogP contribution in [0.25, 0.3) is 0 Å². The van der Waals surface area contributed by atoms with E-state index >= 15 is 0 Å². The maximum atomic E-state index is 12.2. The fourth-order valence-corrected chi connectivity index (χ4v) is 2.66. The van der Waals surface area contributed by atoms with E-state index in [1.165, 1.54) is 0 Å². The molecular weight excluding hydrogens is 234 g/mol. The third-order valence-corrected chi connectivity index (χ3v) is 4.51. The van der Waals surface area contributed by atoms with Crippen LogP contribution in [0.4, 0.5) is 0 Å². The molecular formula is C12H21N3O3. The minimum absolute atomic E-state index is 0.0197. The maximum absolute atomic E-state index is 12.2. The van der Waals surface area contributed by atoms with Crippen LogP contribution >= 0.6 is 0 Å². The summed E-state index contributed by atoms with van der Waals surface area (Å²) < 4.78 is 5.45. The van der Waals surface area contributed by atoms with Crippen LogP contribution < -0.4 is 11.1 Å². The molecule has 0 aliphatic heterocycles. The van der Waals surface area contributed by atoms with Gasteiger partial charge in [0, 0.05) is 13.7 Å². The number of ether oxygens (including phenoxy) is 1. The Morgan fingerprint density at radius 1 is 1.39 bits per heavy atom. The van der Waals surface area contributed by atoms with Crippen molar-refractivity contribution in [3.63, 3.8) is 0 Å². The quantitative estimate of drug-likeness (QED) is 0.290. The molecule has 0 spiro atoms. The van der Waals surface area contributed by atoms with Crippen LogP contribution in [0.5, 0.6) is 0 Å². The van der Waals surface area contributed by atoms with E-state index in [0.29, 0.717) is 19.4 Å². The summed E-state index contributed by atoms with van der Waals surface area (Å²) in [7, 11) is 1.67. The van der Waals surface area contributed by atoms with Crippen molar-refractivity contribution in [1.82, 2.24) is 5.32 Å². The third kappa shape index (κ3) is 1.94. The highest BCUT2D eigenvalue weighted by Crippen LogP contribution is 2.42. The molecule has 0 saturated heterocycles. The molecule has 0 aromatic carbocycles. The Kier molecular flexibility index (Phi) is 3.47. The largest absolute Gasteiger partial charge is 0.409 e. The van der Waals surface area contributed by atoms with Crippen LogP contribution in [0, 0.1) is 5.41 Å². The number of nitrogens with two attached hydrogens (primary N) is 1. The lowest BCUT2D eigenvalue weighted by atomic mass is 9.67. The molecule has 2 aliphatic carbocycles. The Balaban J connectivity index is 1.95. The van der Waals surface area contributed by atoms with Crippen molar-refractivity contribution in [1.29, 1.82) is 0 Å². The van der Waals surface area contributed by atoms with E-state index in [0.717, 1.165) is 25.7 Å². The molecule has 0 bridgehead atoms. The van der Waals surface area contributed by atoms with Gasteiger partial charge in [-0.05, 0) is 32.1 Å². The Hall–Kier alpha value is -1.30. The first-order chi connectivity index (χ1) is 8.58. The van der Waals surface area contributed by atoms with Crippen LogP contribution in [0.15, 0.2) is 5.16 Å². The van der Waals surface area contributed by atoms with E-state index < -0.39 is 5.41 Å². The molecule has 0 aromatic heterocycles. The fraction of sp³-hybridized carbons (Fsp3) is 0.833. The monoisotopic (exact) mass is 255 g/mol. The summed E-state index contributed by atoms with van der Waals surface area (Å²) in [5.41, 5.74) is 4.64. The number of hydrogen-bond acceptors (Lipinski definition) is 4. The number of oxime groups is 1. The van der Waals surface area contributed by atoms with Crippen LogP contribution in [0.2, 0.25) is 0 Å². The van der Waals surface area contributed by atoms with Crippen LogP contribution in [0.1, 0.15) is 38.5 Å². The zero-order valence-electron chi connectivity index (χ0n) is 10.7. The smallest absolute Gasteiger partial charge is 0.234 e. The highest BCUT2D eigenvalue weighted by atomic mass is 16.5. The van der Waals surface area contributed by atoms with Gasteiger partial charge in [-0.25, -0.2) is 0 Å². The molecule has 2 rings (SSSR count). The summed E-state index contributed by atoms with van der Waals surface area (Å²) in [5.74, 6) is -0.126. The van der Waals surface area contributed by atoms with Crippen molar-refractivity contribution >= 4 is 11.7 Å². The number of hydrogen-bond donors (Lipinski definition) is 3. The minimum atomic E-state index is -0.798. The first-order valence-corrected chi connectivity index (χ1v) is 6.40. The van der Waals surface area contributed by atoms with E-state index in [1.807, 2.05) is 0 Å². The van der Waals surface area contributed by atoms with Crippen molar-refractivity contribution in [2.45, 2.75) is 44.1 Å². The van der Waals surface area contributed by atoms with Gasteiger partial charge in [0.25, 0.3) is 0 Å². The lowest BCUT2D eigenvalue weighted by molar-refractivity contribution is -0.134. The Bertz CT molecular complexity index is 354. The summed E-state index contributed by atoms with van der Waals surface area (Å²) in [6.45, 7) is 0.503. The summed E-state index contributed by atoms with van der Waals surface area (Å²) in [4.78, 5) is 12.2. The molecule has 0 aromatic rings. The second kappa shape index (κ2) is 4.76. The number of carbonyl (C=O) groups excluding carboxylic acids is 1. The summed E-state index contributed by atoms with van der Waals surface area (Å²) in [6.07, 6.45) is 5.30. The average molecular weight is 255 g/mol. The van der Waals surface area contributed by atoms with E-state index in [9.17, 15) is 4.79 Å². The summed E-state index contributed by atoms with van der Waals surface area (Å²) >= 11 is 0. The van der Waals surface area contributed by atoms with Crippen molar-refractivity contribution in [3.05, 3.63) is 0 Å². The number of amides is 1. The molecule has 0 unspecified atom stereocenters. The zero-order chi connectivity index (χ0) is 13.2. The fourth-order valence-electron chi connectivity index (χ4n) is 2.66. The molecule has 1 amide bonds. The predicted molar refractivity (Wildman–Crippen MR) is 66.3 cm³/mol. The normalized spacial score (nSPS) is 24.8. The standard InChI is InChI=1S/C12H21N3O3/c1-18-11(4-2-5-11)8-14-10(16)12(6-3-7-12)9(13)15-17/h17H,2-8H2,1H3,(H2,13,15)(H,14,16). The first-order valence-electron chi connectivity index (χ1n) is 6.40. The van der Waals surface area contributed by atoms with Crippen molar-refractivity contribution in [2.75, 3.05) is 13.7 Å². The second-order valence-corrected chi connectivity index (χ2v) is 5.34.